The average Bonchev–Trinajstić information content (AvgIpc) is 3.63. The third kappa shape index (κ3) is 6.53. The SMILES string of the molecule is C[C@H]1O[C@@H](n2cc(F)c(NC(=O)OCc3cccs3)nc2=O)[C@H](OC(=O)c2ccccc2)[C@@H]1OC(=O)c1ccccc1. The van der Waals surface area contributed by atoms with Gasteiger partial charge >= 0.3 is 23.7 Å². The van der Waals surface area contributed by atoms with Gasteiger partial charge in [-0.1, -0.05) is 42.5 Å². The fraction of sp³-hybridized carbons (Fsp3) is 0.207. The van der Waals surface area contributed by atoms with Gasteiger partial charge in [-0.05, 0) is 42.6 Å². The van der Waals surface area contributed by atoms with E-state index in [0.717, 1.165) is 15.6 Å². The number of carbonyl (C=O) groups is 3. The van der Waals surface area contributed by atoms with Crippen molar-refractivity contribution in [3.63, 3.8) is 0 Å². The van der Waals surface area contributed by atoms with Gasteiger partial charge in [-0.3, -0.25) is 9.88 Å². The molecule has 1 aliphatic heterocycles. The van der Waals surface area contributed by atoms with Crippen molar-refractivity contribution in [1.29, 1.82) is 0 Å². The number of hydrogen-bond acceptors (Lipinski definition) is 10. The van der Waals surface area contributed by atoms with E-state index in [0.29, 0.717) is 0 Å². The van der Waals surface area contributed by atoms with Crippen molar-refractivity contribution in [1.82, 2.24) is 9.55 Å². The van der Waals surface area contributed by atoms with E-state index in [-0.39, 0.29) is 17.7 Å². The highest BCUT2D eigenvalue weighted by Gasteiger charge is 2.49. The van der Waals surface area contributed by atoms with Crippen LogP contribution in [-0.4, -0.2) is 45.9 Å². The lowest BCUT2D eigenvalue weighted by atomic mass is 10.1. The summed E-state index contributed by atoms with van der Waals surface area (Å²) in [6.45, 7) is 1.51. The Balaban J connectivity index is 1.39. The molecule has 3 heterocycles. The molecule has 1 amide bonds. The number of anilines is 1. The zero-order valence-corrected chi connectivity index (χ0v) is 22.9. The summed E-state index contributed by atoms with van der Waals surface area (Å²) in [4.78, 5) is 55.5. The van der Waals surface area contributed by atoms with E-state index in [9.17, 15) is 19.2 Å². The van der Waals surface area contributed by atoms with Crippen LogP contribution in [0.5, 0.6) is 0 Å². The molecule has 4 aromatic rings. The minimum atomic E-state index is -1.42. The van der Waals surface area contributed by atoms with Crippen LogP contribution in [0.2, 0.25) is 0 Å². The Morgan fingerprint density at radius 1 is 0.952 bits per heavy atom. The number of hydrogen-bond donors (Lipinski definition) is 1. The van der Waals surface area contributed by atoms with Gasteiger partial charge in [0.1, 0.15) is 6.61 Å². The molecule has 11 nitrogen and oxygen atoms in total. The van der Waals surface area contributed by atoms with Crippen LogP contribution in [0.3, 0.4) is 0 Å². The molecular formula is C29H24FN3O8S. The Bertz CT molecular complexity index is 1620. The second-order valence-electron chi connectivity index (χ2n) is 9.11. The highest BCUT2D eigenvalue weighted by atomic mass is 32.1. The van der Waals surface area contributed by atoms with Gasteiger partial charge in [0.05, 0.1) is 23.4 Å². The van der Waals surface area contributed by atoms with E-state index in [2.05, 4.69) is 10.3 Å². The molecule has 2 aromatic heterocycles. The van der Waals surface area contributed by atoms with Gasteiger partial charge in [0, 0.05) is 4.88 Å². The number of carbonyl (C=O) groups excluding carboxylic acids is 3. The molecule has 42 heavy (non-hydrogen) atoms. The second kappa shape index (κ2) is 12.7. The van der Waals surface area contributed by atoms with Gasteiger partial charge < -0.3 is 18.9 Å². The predicted octanol–water partition coefficient (Wildman–Crippen LogP) is 4.56. The molecule has 1 N–H and O–H groups in total. The second-order valence-corrected chi connectivity index (χ2v) is 10.1. The Morgan fingerprint density at radius 2 is 1.57 bits per heavy atom. The van der Waals surface area contributed by atoms with Crippen molar-refractivity contribution in [2.45, 2.75) is 38.1 Å². The molecule has 0 aliphatic carbocycles. The molecule has 1 saturated heterocycles. The van der Waals surface area contributed by atoms with Crippen molar-refractivity contribution in [2.24, 2.45) is 0 Å². The molecule has 0 spiro atoms. The van der Waals surface area contributed by atoms with Gasteiger partial charge in [0.2, 0.25) is 0 Å². The maximum atomic E-state index is 15.1. The van der Waals surface area contributed by atoms with Crippen molar-refractivity contribution in [3.8, 4) is 0 Å². The zero-order valence-electron chi connectivity index (χ0n) is 22.0. The Hall–Kier alpha value is -4.88. The first kappa shape index (κ1) is 28.6. The summed E-state index contributed by atoms with van der Waals surface area (Å²) in [6, 6.07) is 19.7. The lowest BCUT2D eigenvalue weighted by Crippen LogP contribution is -2.41. The van der Waals surface area contributed by atoms with Crippen LogP contribution in [0.25, 0.3) is 0 Å². The Labute approximate surface area is 242 Å². The lowest BCUT2D eigenvalue weighted by molar-refractivity contribution is -0.0513. The van der Waals surface area contributed by atoms with Crippen LogP contribution < -0.4 is 11.0 Å². The minimum Gasteiger partial charge on any atom is -0.452 e. The van der Waals surface area contributed by atoms with Crippen molar-refractivity contribution < 1.29 is 37.7 Å². The standard InChI is InChI=1S/C29H24FN3O8S/c1-17-22(40-26(34)18-9-4-2-5-10-18)23(41-27(35)19-11-6-3-7-12-19)25(39-17)33-15-21(30)24(31-28(33)36)32-29(37)38-16-20-13-8-14-42-20/h2-15,17,22-23,25H,16H2,1H3,(H,31,32,36,37)/t17-,22-,23-,25-/m1/s1. The van der Waals surface area contributed by atoms with Crippen LogP contribution in [0.15, 0.2) is 89.2 Å². The smallest absolute Gasteiger partial charge is 0.413 e. The predicted molar refractivity (Wildman–Crippen MR) is 147 cm³/mol. The van der Waals surface area contributed by atoms with E-state index in [1.807, 2.05) is 0 Å². The lowest BCUT2D eigenvalue weighted by Gasteiger charge is -2.24. The van der Waals surface area contributed by atoms with Gasteiger partial charge in [-0.15, -0.1) is 11.3 Å². The molecule has 13 heteroatoms. The fourth-order valence-electron chi connectivity index (χ4n) is 4.23. The van der Waals surface area contributed by atoms with Gasteiger partial charge in [0.25, 0.3) is 0 Å². The molecule has 0 unspecified atom stereocenters. The highest BCUT2D eigenvalue weighted by Crippen LogP contribution is 2.34. The summed E-state index contributed by atoms with van der Waals surface area (Å²) in [5.74, 6) is -3.24. The van der Waals surface area contributed by atoms with Crippen LogP contribution in [0.1, 0.15) is 38.7 Å². The van der Waals surface area contributed by atoms with E-state index >= 15 is 4.39 Å². The van der Waals surface area contributed by atoms with Gasteiger partial charge in [-0.25, -0.2) is 23.6 Å². The first-order valence-electron chi connectivity index (χ1n) is 12.7. The summed E-state index contributed by atoms with van der Waals surface area (Å²) in [5.41, 5.74) is -0.591. The maximum absolute atomic E-state index is 15.1. The van der Waals surface area contributed by atoms with Crippen LogP contribution in [0, 0.1) is 5.82 Å². The van der Waals surface area contributed by atoms with Crippen molar-refractivity contribution in [3.05, 3.63) is 117 Å². The number of rotatable bonds is 8. The molecule has 216 valence electrons. The zero-order chi connectivity index (χ0) is 29.6. The first-order valence-corrected chi connectivity index (χ1v) is 13.6. The quantitative estimate of drug-likeness (QED) is 0.230. The summed E-state index contributed by atoms with van der Waals surface area (Å²) in [5, 5.41) is 3.91. The van der Waals surface area contributed by atoms with E-state index in [1.54, 1.807) is 73.0 Å². The number of aromatic nitrogens is 2. The molecule has 1 aliphatic rings. The topological polar surface area (TPSA) is 135 Å². The molecule has 1 fully saturated rings. The number of esters is 2. The fourth-order valence-corrected chi connectivity index (χ4v) is 4.84. The van der Waals surface area contributed by atoms with E-state index in [1.165, 1.54) is 23.5 Å². The third-order valence-corrected chi connectivity index (χ3v) is 7.10. The first-order chi connectivity index (χ1) is 20.3. The van der Waals surface area contributed by atoms with Crippen molar-refractivity contribution >= 4 is 35.2 Å². The van der Waals surface area contributed by atoms with Crippen LogP contribution in [0.4, 0.5) is 15.0 Å². The van der Waals surface area contributed by atoms with Crippen LogP contribution in [-0.2, 0) is 25.6 Å². The monoisotopic (exact) mass is 593 g/mol. The summed E-state index contributed by atoms with van der Waals surface area (Å²) < 4.78 is 38.2. The summed E-state index contributed by atoms with van der Waals surface area (Å²) in [7, 11) is 0. The molecule has 5 rings (SSSR count). The largest absolute Gasteiger partial charge is 0.452 e. The molecule has 4 atom stereocenters. The van der Waals surface area contributed by atoms with Crippen molar-refractivity contribution in [2.75, 3.05) is 5.32 Å². The molecule has 0 bridgehead atoms. The van der Waals surface area contributed by atoms with Crippen LogP contribution >= 0.6 is 11.3 Å². The number of thiophene rings is 1. The van der Waals surface area contributed by atoms with E-state index in [4.69, 9.17) is 18.9 Å². The van der Waals surface area contributed by atoms with Gasteiger partial charge in [0.15, 0.2) is 30.1 Å². The summed E-state index contributed by atoms with van der Waals surface area (Å²) in [6.07, 6.45) is -5.09. The molecular weight excluding hydrogens is 569 g/mol. The number of nitrogens with one attached hydrogen (secondary N) is 1. The number of ether oxygens (including phenoxy) is 4. The number of benzene rings is 2. The minimum absolute atomic E-state index is 0.0481. The third-order valence-electron chi connectivity index (χ3n) is 6.25. The highest BCUT2D eigenvalue weighted by molar-refractivity contribution is 7.09. The molecule has 2 aromatic carbocycles. The summed E-state index contributed by atoms with van der Waals surface area (Å²) >= 11 is 1.37. The van der Waals surface area contributed by atoms with E-state index < -0.39 is 59.9 Å². The average molecular weight is 594 g/mol. The number of amides is 1. The molecule has 0 saturated carbocycles. The normalized spacial score (nSPS) is 19.6. The van der Waals surface area contributed by atoms with Gasteiger partial charge in [-0.2, -0.15) is 4.98 Å². The Morgan fingerprint density at radius 3 is 2.17 bits per heavy atom. The number of halogens is 1. The Kier molecular flexibility index (Phi) is 8.69. The number of nitrogens with zero attached hydrogens (tertiary/aromatic N) is 2. The maximum Gasteiger partial charge on any atom is 0.413 e. The molecule has 0 radical (unpaired) electrons.